The van der Waals surface area contributed by atoms with Gasteiger partial charge in [-0.05, 0) is 43.5 Å². The first-order valence-corrected chi connectivity index (χ1v) is 6.18. The van der Waals surface area contributed by atoms with Crippen LogP contribution in [-0.2, 0) is 10.2 Å². The van der Waals surface area contributed by atoms with Crippen molar-refractivity contribution in [2.75, 3.05) is 19.8 Å². The van der Waals surface area contributed by atoms with E-state index in [1.54, 1.807) is 0 Å². The number of nitrogens with two attached hydrogens (primary N) is 1. The summed E-state index contributed by atoms with van der Waals surface area (Å²) in [6, 6.07) is 8.10. The molecule has 0 saturated carbocycles. The summed E-state index contributed by atoms with van der Waals surface area (Å²) in [7, 11) is 0. The lowest BCUT2D eigenvalue weighted by molar-refractivity contribution is 0.0312. The number of halogens is 1. The predicted molar refractivity (Wildman–Crippen MR) is 66.9 cm³/mol. The van der Waals surface area contributed by atoms with Crippen LogP contribution in [0.2, 0.25) is 5.02 Å². The van der Waals surface area contributed by atoms with Gasteiger partial charge in [0.2, 0.25) is 0 Å². The molecule has 2 rings (SSSR count). The molecule has 1 unspecified atom stereocenters. The lowest BCUT2D eigenvalue weighted by Crippen LogP contribution is -2.38. The summed E-state index contributed by atoms with van der Waals surface area (Å²) < 4.78 is 5.63. The maximum atomic E-state index is 5.92. The zero-order valence-electron chi connectivity index (χ0n) is 9.42. The Morgan fingerprint density at radius 1 is 1.31 bits per heavy atom. The highest BCUT2D eigenvalue weighted by Crippen LogP contribution is 2.36. The lowest BCUT2D eigenvalue weighted by Gasteiger charge is -2.37. The second kappa shape index (κ2) is 5.17. The second-order valence-electron chi connectivity index (χ2n) is 4.48. The minimum absolute atomic E-state index is 0.109. The fourth-order valence-corrected chi connectivity index (χ4v) is 2.63. The molecule has 2 N–H and O–H groups in total. The van der Waals surface area contributed by atoms with E-state index in [0.29, 0.717) is 6.54 Å². The molecular formula is C13H18ClNO. The Bertz CT molecular complexity index is 325. The molecule has 1 atom stereocenters. The van der Waals surface area contributed by atoms with Gasteiger partial charge in [0.1, 0.15) is 0 Å². The normalized spacial score (nSPS) is 25.6. The van der Waals surface area contributed by atoms with Crippen molar-refractivity contribution in [2.45, 2.75) is 24.7 Å². The maximum Gasteiger partial charge on any atom is 0.0563 e. The molecule has 0 aromatic heterocycles. The van der Waals surface area contributed by atoms with E-state index in [9.17, 15) is 0 Å². The second-order valence-corrected chi connectivity index (χ2v) is 4.92. The average molecular weight is 240 g/mol. The molecule has 1 aromatic carbocycles. The van der Waals surface area contributed by atoms with Gasteiger partial charge in [-0.3, -0.25) is 0 Å². The molecule has 0 amide bonds. The molecule has 0 bridgehead atoms. The van der Waals surface area contributed by atoms with Gasteiger partial charge >= 0.3 is 0 Å². The van der Waals surface area contributed by atoms with Crippen molar-refractivity contribution in [3.63, 3.8) is 0 Å². The Labute approximate surface area is 102 Å². The Morgan fingerprint density at radius 2 is 2.06 bits per heavy atom. The summed E-state index contributed by atoms with van der Waals surface area (Å²) in [6.07, 6.45) is 3.25. The van der Waals surface area contributed by atoms with Crippen LogP contribution in [0.1, 0.15) is 24.8 Å². The molecule has 1 fully saturated rings. The molecule has 1 aliphatic heterocycles. The van der Waals surface area contributed by atoms with Crippen molar-refractivity contribution >= 4 is 11.6 Å². The van der Waals surface area contributed by atoms with Crippen molar-refractivity contribution in [2.24, 2.45) is 5.73 Å². The first kappa shape index (κ1) is 11.9. The molecule has 1 heterocycles. The zero-order chi connectivity index (χ0) is 11.4. The Morgan fingerprint density at radius 3 is 2.62 bits per heavy atom. The summed E-state index contributed by atoms with van der Waals surface area (Å²) in [4.78, 5) is 0. The highest BCUT2D eigenvalue weighted by molar-refractivity contribution is 6.30. The maximum absolute atomic E-state index is 5.92. The van der Waals surface area contributed by atoms with E-state index in [4.69, 9.17) is 22.1 Å². The minimum atomic E-state index is 0.109. The third-order valence-corrected chi connectivity index (χ3v) is 3.65. The fourth-order valence-electron chi connectivity index (χ4n) is 2.50. The van der Waals surface area contributed by atoms with Crippen LogP contribution in [0.3, 0.4) is 0 Å². The summed E-state index contributed by atoms with van der Waals surface area (Å²) in [5.41, 5.74) is 7.15. The molecule has 1 aliphatic rings. The van der Waals surface area contributed by atoms with Crippen LogP contribution in [0.15, 0.2) is 24.3 Å². The Hall–Kier alpha value is -0.570. The molecule has 88 valence electrons. The average Bonchev–Trinajstić information content (AvgIpc) is 2.31. The molecule has 2 nitrogen and oxygen atoms in total. The van der Waals surface area contributed by atoms with E-state index < -0.39 is 0 Å². The predicted octanol–water partition coefficient (Wildman–Crippen LogP) is 2.74. The highest BCUT2D eigenvalue weighted by atomic mass is 35.5. The smallest absolute Gasteiger partial charge is 0.0563 e. The van der Waals surface area contributed by atoms with Crippen molar-refractivity contribution in [3.8, 4) is 0 Å². The van der Waals surface area contributed by atoms with Crippen LogP contribution in [-0.4, -0.2) is 19.8 Å². The van der Waals surface area contributed by atoms with Gasteiger partial charge < -0.3 is 10.5 Å². The first-order chi connectivity index (χ1) is 7.77. The zero-order valence-corrected chi connectivity index (χ0v) is 10.2. The standard InChI is InChI=1S/C13H18ClNO/c14-12-4-2-11(3-5-12)13(7-8-15)6-1-9-16-10-13/h2-5H,1,6-10,15H2. The lowest BCUT2D eigenvalue weighted by atomic mass is 9.74. The van der Waals surface area contributed by atoms with Crippen molar-refractivity contribution < 1.29 is 4.74 Å². The SMILES string of the molecule is NCCC1(c2ccc(Cl)cc2)CCCOC1. The molecule has 0 radical (unpaired) electrons. The number of ether oxygens (including phenoxy) is 1. The summed E-state index contributed by atoms with van der Waals surface area (Å²) in [5.74, 6) is 0. The van der Waals surface area contributed by atoms with Gasteiger partial charge in [-0.25, -0.2) is 0 Å². The molecule has 1 aromatic rings. The molecular weight excluding hydrogens is 222 g/mol. The summed E-state index contributed by atoms with van der Waals surface area (Å²) in [6.45, 7) is 2.36. The van der Waals surface area contributed by atoms with Gasteiger partial charge in [-0.2, -0.15) is 0 Å². The van der Waals surface area contributed by atoms with Crippen LogP contribution >= 0.6 is 11.6 Å². The van der Waals surface area contributed by atoms with Crippen LogP contribution in [0.5, 0.6) is 0 Å². The molecule has 0 aliphatic carbocycles. The summed E-state index contributed by atoms with van der Waals surface area (Å²) in [5, 5.41) is 0.781. The molecule has 1 saturated heterocycles. The minimum Gasteiger partial charge on any atom is -0.381 e. The number of rotatable bonds is 3. The van der Waals surface area contributed by atoms with Gasteiger partial charge in [-0.15, -0.1) is 0 Å². The summed E-state index contributed by atoms with van der Waals surface area (Å²) >= 11 is 5.92. The van der Waals surface area contributed by atoms with E-state index >= 15 is 0 Å². The van der Waals surface area contributed by atoms with Gasteiger partial charge in [0, 0.05) is 17.0 Å². The third kappa shape index (κ3) is 2.40. The number of hydrogen-bond donors (Lipinski definition) is 1. The quantitative estimate of drug-likeness (QED) is 0.881. The molecule has 3 heteroatoms. The third-order valence-electron chi connectivity index (χ3n) is 3.40. The van der Waals surface area contributed by atoms with E-state index in [-0.39, 0.29) is 5.41 Å². The number of benzene rings is 1. The molecule has 16 heavy (non-hydrogen) atoms. The van der Waals surface area contributed by atoms with Gasteiger partial charge in [0.15, 0.2) is 0 Å². The number of hydrogen-bond acceptors (Lipinski definition) is 2. The van der Waals surface area contributed by atoms with Crippen molar-refractivity contribution in [1.82, 2.24) is 0 Å². The van der Waals surface area contributed by atoms with Crippen LogP contribution < -0.4 is 5.73 Å². The van der Waals surface area contributed by atoms with E-state index in [2.05, 4.69) is 12.1 Å². The first-order valence-electron chi connectivity index (χ1n) is 5.81. The van der Waals surface area contributed by atoms with Gasteiger partial charge in [-0.1, -0.05) is 23.7 Å². The van der Waals surface area contributed by atoms with E-state index in [0.717, 1.165) is 37.5 Å². The van der Waals surface area contributed by atoms with E-state index in [1.165, 1.54) is 5.56 Å². The Balaban J connectivity index is 2.26. The van der Waals surface area contributed by atoms with Gasteiger partial charge in [0.25, 0.3) is 0 Å². The van der Waals surface area contributed by atoms with E-state index in [1.807, 2.05) is 12.1 Å². The monoisotopic (exact) mass is 239 g/mol. The highest BCUT2D eigenvalue weighted by Gasteiger charge is 2.33. The fraction of sp³-hybridized carbons (Fsp3) is 0.538. The molecule has 0 spiro atoms. The Kier molecular flexibility index (Phi) is 3.85. The van der Waals surface area contributed by atoms with Gasteiger partial charge in [0.05, 0.1) is 6.61 Å². The van der Waals surface area contributed by atoms with Crippen LogP contribution in [0.25, 0.3) is 0 Å². The largest absolute Gasteiger partial charge is 0.381 e. The van der Waals surface area contributed by atoms with Crippen LogP contribution in [0, 0.1) is 0 Å². The van der Waals surface area contributed by atoms with Crippen molar-refractivity contribution in [3.05, 3.63) is 34.9 Å². The van der Waals surface area contributed by atoms with Crippen molar-refractivity contribution in [1.29, 1.82) is 0 Å². The van der Waals surface area contributed by atoms with Crippen LogP contribution in [0.4, 0.5) is 0 Å². The topological polar surface area (TPSA) is 35.2 Å².